The lowest BCUT2D eigenvalue weighted by atomic mass is 9.77. The van der Waals surface area contributed by atoms with Gasteiger partial charge in [0.1, 0.15) is 17.3 Å². The van der Waals surface area contributed by atoms with Crippen molar-refractivity contribution in [1.82, 2.24) is 5.32 Å². The number of amides is 1. The first-order valence-electron chi connectivity index (χ1n) is 23.7. The maximum absolute atomic E-state index is 12.5. The molecule has 0 spiro atoms. The Morgan fingerprint density at radius 2 is 1.58 bits per heavy atom. The van der Waals surface area contributed by atoms with Crippen LogP contribution < -0.4 is 25.1 Å². The zero-order valence-electron chi connectivity index (χ0n) is 40.7. The standard InChI is InChI=1S/C56H58B2N3O9S/c1-37(2)54(62)59-33-32-38-22-26-43(27-23-38)69-53-39(24-30-51-55(3,4)45-18-9-11-20-48(45)60(51)35-41-14-7-10-19-47(41)58(64)65)16-13-17-40(53)25-31-52-56(5,6)46-34-44(71(66,67)68)28-29-49(46)61(52)36-42-15-8-12-21-50(42)70-57-63/h7-12,14-15,18-31,34,63-65H,1,13,16-17,32-33,35-36H2,2-6H3,(H-,59,62,66,67,68)/p+1. The maximum Gasteiger partial charge on any atom is 0.569 e. The highest BCUT2D eigenvalue weighted by Gasteiger charge is 2.45. The van der Waals surface area contributed by atoms with Crippen LogP contribution in [0.5, 0.6) is 11.5 Å². The predicted molar refractivity (Wildman–Crippen MR) is 280 cm³/mol. The van der Waals surface area contributed by atoms with E-state index in [-0.39, 0.29) is 10.8 Å². The fourth-order valence-corrected chi connectivity index (χ4v) is 10.4. The van der Waals surface area contributed by atoms with Crippen molar-refractivity contribution < 1.29 is 46.8 Å². The molecule has 1 radical (unpaired) electrons. The molecule has 2 heterocycles. The number of rotatable bonds is 17. The lowest BCUT2D eigenvalue weighted by Gasteiger charge is -2.28. The Bertz CT molecular complexity index is 3150. The van der Waals surface area contributed by atoms with Gasteiger partial charge in [0.25, 0.3) is 10.1 Å². The van der Waals surface area contributed by atoms with E-state index in [0.717, 1.165) is 69.0 Å². The molecule has 0 saturated heterocycles. The molecule has 0 unspecified atom stereocenters. The third-order valence-corrected chi connectivity index (χ3v) is 14.5. The van der Waals surface area contributed by atoms with Crippen molar-refractivity contribution in [2.75, 3.05) is 11.4 Å². The van der Waals surface area contributed by atoms with Gasteiger partial charge in [0, 0.05) is 57.8 Å². The number of hydrogen-bond donors (Lipinski definition) is 5. The molecule has 5 N–H and O–H groups in total. The van der Waals surface area contributed by atoms with Crippen LogP contribution in [0.3, 0.4) is 0 Å². The largest absolute Gasteiger partial charge is 0.569 e. The third kappa shape index (κ3) is 10.8. The monoisotopic (exact) mass is 971 g/mol. The van der Waals surface area contributed by atoms with E-state index in [1.165, 1.54) is 12.1 Å². The van der Waals surface area contributed by atoms with Crippen LogP contribution >= 0.6 is 0 Å². The Morgan fingerprint density at radius 3 is 2.30 bits per heavy atom. The van der Waals surface area contributed by atoms with E-state index in [4.69, 9.17) is 9.39 Å². The molecule has 71 heavy (non-hydrogen) atoms. The van der Waals surface area contributed by atoms with E-state index in [2.05, 4.69) is 71.7 Å². The molecule has 0 fully saturated rings. The minimum Gasteiger partial charge on any atom is -0.537 e. The number of nitrogens with one attached hydrogen (secondary N) is 1. The predicted octanol–water partition coefficient (Wildman–Crippen LogP) is 8.21. The summed E-state index contributed by atoms with van der Waals surface area (Å²) >= 11 is 0. The van der Waals surface area contributed by atoms with Crippen molar-refractivity contribution in [3.05, 3.63) is 202 Å². The highest BCUT2D eigenvalue weighted by atomic mass is 32.2. The first kappa shape index (κ1) is 50.6. The average molecular weight is 972 g/mol. The first-order chi connectivity index (χ1) is 33.9. The summed E-state index contributed by atoms with van der Waals surface area (Å²) in [5.74, 6) is 1.61. The summed E-state index contributed by atoms with van der Waals surface area (Å²) in [5.41, 5.74) is 9.79. The molecule has 363 valence electrons. The van der Waals surface area contributed by atoms with Crippen molar-refractivity contribution in [3.8, 4) is 11.5 Å². The molecular weight excluding hydrogens is 912 g/mol. The second-order valence-electron chi connectivity index (χ2n) is 19.2. The Morgan fingerprint density at radius 1 is 0.873 bits per heavy atom. The quantitative estimate of drug-likeness (QED) is 0.0265. The zero-order chi connectivity index (χ0) is 50.7. The number of anilines is 1. The molecule has 2 aliphatic heterocycles. The Hall–Kier alpha value is -6.74. The summed E-state index contributed by atoms with van der Waals surface area (Å²) in [6.45, 7) is 15.0. The van der Waals surface area contributed by atoms with Gasteiger partial charge in [-0.2, -0.15) is 13.0 Å². The van der Waals surface area contributed by atoms with E-state index in [1.54, 1.807) is 31.2 Å². The van der Waals surface area contributed by atoms with E-state index in [9.17, 15) is 32.8 Å². The minimum atomic E-state index is -4.50. The normalized spacial score (nSPS) is 17.2. The lowest BCUT2D eigenvalue weighted by Crippen LogP contribution is -2.34. The number of fused-ring (bicyclic) bond motifs is 2. The van der Waals surface area contributed by atoms with Gasteiger partial charge >= 0.3 is 14.8 Å². The maximum atomic E-state index is 12.5. The Kier molecular flexibility index (Phi) is 14.9. The van der Waals surface area contributed by atoms with E-state index >= 15 is 0 Å². The van der Waals surface area contributed by atoms with Crippen LogP contribution in [0.25, 0.3) is 0 Å². The van der Waals surface area contributed by atoms with Gasteiger partial charge in [-0.25, -0.2) is 0 Å². The lowest BCUT2D eigenvalue weighted by molar-refractivity contribution is -0.454. The number of allylic oxidation sites excluding steroid dienone is 7. The van der Waals surface area contributed by atoms with E-state index in [0.29, 0.717) is 74.0 Å². The molecule has 3 aliphatic rings. The molecule has 0 aromatic heterocycles. The number of hydrogen-bond acceptors (Lipinski definition) is 9. The zero-order valence-corrected chi connectivity index (χ0v) is 41.5. The van der Waals surface area contributed by atoms with Crippen LogP contribution in [0, 0.1) is 0 Å². The Labute approximate surface area is 417 Å². The number of para-hydroxylation sites is 2. The molecule has 8 rings (SSSR count). The van der Waals surface area contributed by atoms with Gasteiger partial charge in [-0.15, -0.1) is 0 Å². The first-order valence-corrected chi connectivity index (χ1v) is 25.1. The van der Waals surface area contributed by atoms with E-state index < -0.39 is 28.1 Å². The number of nitrogens with zero attached hydrogens (tertiary/aromatic N) is 2. The average Bonchev–Trinajstić information content (AvgIpc) is 3.68. The Balaban J connectivity index is 1.24. The summed E-state index contributed by atoms with van der Waals surface area (Å²) in [7, 11) is -5.49. The molecule has 0 saturated carbocycles. The van der Waals surface area contributed by atoms with Crippen molar-refractivity contribution in [1.29, 1.82) is 0 Å². The van der Waals surface area contributed by atoms with Gasteiger partial charge in [-0.1, -0.05) is 99.3 Å². The topological polar surface area (TPSA) is 169 Å². The summed E-state index contributed by atoms with van der Waals surface area (Å²) in [4.78, 5) is 14.0. The van der Waals surface area contributed by atoms with Gasteiger partial charge in [0.2, 0.25) is 11.6 Å². The van der Waals surface area contributed by atoms with Gasteiger partial charge in [-0.3, -0.25) is 9.35 Å². The molecule has 1 amide bonds. The summed E-state index contributed by atoms with van der Waals surface area (Å²) in [6, 6.07) is 35.5. The molecule has 5 aromatic carbocycles. The highest BCUT2D eigenvalue weighted by Crippen LogP contribution is 2.50. The van der Waals surface area contributed by atoms with Crippen LogP contribution in [0.15, 0.2) is 179 Å². The third-order valence-electron chi connectivity index (χ3n) is 13.7. The number of benzene rings is 5. The molecule has 5 aromatic rings. The van der Waals surface area contributed by atoms with Crippen molar-refractivity contribution in [2.45, 2.75) is 89.1 Å². The van der Waals surface area contributed by atoms with E-state index in [1.807, 2.05) is 80.6 Å². The second-order valence-corrected chi connectivity index (χ2v) is 20.6. The van der Waals surface area contributed by atoms with Crippen LogP contribution in [0.1, 0.15) is 81.7 Å². The van der Waals surface area contributed by atoms with Crippen molar-refractivity contribution in [2.24, 2.45) is 0 Å². The van der Waals surface area contributed by atoms with Crippen molar-refractivity contribution in [3.63, 3.8) is 0 Å². The fourth-order valence-electron chi connectivity index (χ4n) is 9.90. The number of ether oxygens (including phenoxy) is 1. The molecule has 12 nitrogen and oxygen atoms in total. The highest BCUT2D eigenvalue weighted by molar-refractivity contribution is 7.85. The fraction of sp³-hybridized carbons (Fsp3) is 0.250. The summed E-state index contributed by atoms with van der Waals surface area (Å²) in [6.07, 6.45) is 11.3. The molecule has 15 heteroatoms. The van der Waals surface area contributed by atoms with Crippen molar-refractivity contribution >= 4 is 53.4 Å². The molecule has 0 atom stereocenters. The van der Waals surface area contributed by atoms with Gasteiger partial charge < -0.3 is 34.7 Å². The van der Waals surface area contributed by atoms with Crippen LogP contribution in [0.4, 0.5) is 11.4 Å². The smallest absolute Gasteiger partial charge is 0.537 e. The van der Waals surface area contributed by atoms with Crippen LogP contribution in [-0.4, -0.2) is 65.6 Å². The summed E-state index contributed by atoms with van der Waals surface area (Å²) < 4.78 is 49.7. The van der Waals surface area contributed by atoms with Gasteiger partial charge in [-0.05, 0) is 123 Å². The summed E-state index contributed by atoms with van der Waals surface area (Å²) in [5, 5.41) is 33.2. The number of carbonyl (C=O) groups excluding carboxylic acids is 1. The number of carbonyl (C=O) groups is 1. The second kappa shape index (κ2) is 20.9. The van der Waals surface area contributed by atoms with Gasteiger partial charge in [0.15, 0.2) is 12.3 Å². The molecule has 0 bridgehead atoms. The molecule has 1 aliphatic carbocycles. The SMILES string of the molecule is C=C(C)C(=O)NCCc1ccc(OC2=C(/C=C/C3=[N+](Cc4ccccc4B(O)O)c4ccccc4C3(C)C)CCC/C2=C\C=C2\N(Cc3ccccc3O[B]O)c3ccc(S(=O)(=O)O)cc3C2(C)C)cc1. The minimum absolute atomic E-state index is 0.181. The molecular formula is C56H59B2N3O9S+. The van der Waals surface area contributed by atoms with Crippen LogP contribution in [-0.2, 0) is 45.3 Å². The van der Waals surface area contributed by atoms with Gasteiger partial charge in [0.05, 0.1) is 16.9 Å². The van der Waals surface area contributed by atoms with Crippen LogP contribution in [0.2, 0.25) is 0 Å².